The molecule has 0 radical (unpaired) electrons. The summed E-state index contributed by atoms with van der Waals surface area (Å²) in [6.07, 6.45) is 2.75. The third-order valence-electron chi connectivity index (χ3n) is 5.18. The number of nitrogens with one attached hydrogen (secondary N) is 2. The molecule has 0 aromatic heterocycles. The molecule has 2 amide bonds. The van der Waals surface area contributed by atoms with Crippen molar-refractivity contribution in [2.45, 2.75) is 32.6 Å². The first kappa shape index (κ1) is 20.4. The minimum atomic E-state index is -0.0971. The molecule has 1 saturated carbocycles. The van der Waals surface area contributed by atoms with Crippen LogP contribution in [0.5, 0.6) is 5.75 Å². The highest BCUT2D eigenvalue weighted by Gasteiger charge is 2.30. The van der Waals surface area contributed by atoms with Gasteiger partial charge in [-0.1, -0.05) is 0 Å². The zero-order valence-corrected chi connectivity index (χ0v) is 16.5. The van der Waals surface area contributed by atoms with Gasteiger partial charge < -0.3 is 15.4 Å². The van der Waals surface area contributed by atoms with Gasteiger partial charge in [-0.25, -0.2) is 0 Å². The molecule has 0 heterocycles. The zero-order valence-electron chi connectivity index (χ0n) is 16.5. The first-order chi connectivity index (χ1) is 14.1. The predicted molar refractivity (Wildman–Crippen MR) is 111 cm³/mol. The van der Waals surface area contributed by atoms with Crippen molar-refractivity contribution in [2.75, 3.05) is 17.2 Å². The quantitative estimate of drug-likeness (QED) is 0.766. The van der Waals surface area contributed by atoms with E-state index >= 15 is 0 Å². The third kappa shape index (κ3) is 5.58. The van der Waals surface area contributed by atoms with Crippen LogP contribution in [0.15, 0.2) is 48.5 Å². The molecule has 2 aromatic carbocycles. The highest BCUT2D eigenvalue weighted by molar-refractivity contribution is 5.94. The number of amides is 2. The van der Waals surface area contributed by atoms with Crippen molar-refractivity contribution in [3.8, 4) is 11.8 Å². The Morgan fingerprint density at radius 1 is 0.897 bits per heavy atom. The third-order valence-corrected chi connectivity index (χ3v) is 5.18. The van der Waals surface area contributed by atoms with Crippen molar-refractivity contribution in [1.82, 2.24) is 0 Å². The van der Waals surface area contributed by atoms with Gasteiger partial charge in [0.1, 0.15) is 5.75 Å². The summed E-state index contributed by atoms with van der Waals surface area (Å²) in [7, 11) is 0. The lowest BCUT2D eigenvalue weighted by Crippen LogP contribution is -2.32. The van der Waals surface area contributed by atoms with E-state index in [-0.39, 0.29) is 23.7 Å². The summed E-state index contributed by atoms with van der Waals surface area (Å²) in [4.78, 5) is 25.0. The van der Waals surface area contributed by atoms with Crippen LogP contribution in [-0.2, 0) is 9.59 Å². The van der Waals surface area contributed by atoms with Crippen LogP contribution in [0.4, 0.5) is 11.4 Å². The normalized spacial score (nSPS) is 18.3. The molecule has 3 rings (SSSR count). The second kappa shape index (κ2) is 9.74. The van der Waals surface area contributed by atoms with Crippen LogP contribution in [0.25, 0.3) is 0 Å². The van der Waals surface area contributed by atoms with E-state index in [1.807, 2.05) is 31.2 Å². The van der Waals surface area contributed by atoms with Crippen molar-refractivity contribution >= 4 is 23.2 Å². The van der Waals surface area contributed by atoms with Crippen LogP contribution in [0.3, 0.4) is 0 Å². The Morgan fingerprint density at radius 2 is 1.34 bits per heavy atom. The van der Waals surface area contributed by atoms with Gasteiger partial charge in [0.15, 0.2) is 0 Å². The predicted octanol–water partition coefficient (Wildman–Crippen LogP) is 4.34. The summed E-state index contributed by atoms with van der Waals surface area (Å²) in [6.45, 7) is 2.53. The lowest BCUT2D eigenvalue weighted by molar-refractivity contribution is -0.125. The molecule has 2 aromatic rings. The fourth-order valence-electron chi connectivity index (χ4n) is 3.54. The Balaban J connectivity index is 1.47. The lowest BCUT2D eigenvalue weighted by Gasteiger charge is -2.27. The van der Waals surface area contributed by atoms with Crippen LogP contribution in [0, 0.1) is 23.2 Å². The molecule has 1 aliphatic rings. The van der Waals surface area contributed by atoms with Gasteiger partial charge in [-0.05, 0) is 81.1 Å². The average Bonchev–Trinajstić information content (AvgIpc) is 2.76. The Morgan fingerprint density at radius 3 is 1.76 bits per heavy atom. The molecular weight excluding hydrogens is 366 g/mol. The SMILES string of the molecule is CCOc1ccc(NC(=O)C2CCC(C(=O)Nc3ccc(C#N)cc3)CC2)cc1. The van der Waals surface area contributed by atoms with Gasteiger partial charge in [0, 0.05) is 23.2 Å². The van der Waals surface area contributed by atoms with E-state index in [9.17, 15) is 9.59 Å². The minimum absolute atomic E-state index is 0.000102. The number of carbonyl (C=O) groups is 2. The summed E-state index contributed by atoms with van der Waals surface area (Å²) in [5.74, 6) is 0.570. The average molecular weight is 391 g/mol. The van der Waals surface area contributed by atoms with Gasteiger partial charge in [0.05, 0.1) is 18.2 Å². The highest BCUT2D eigenvalue weighted by Crippen LogP contribution is 2.31. The van der Waals surface area contributed by atoms with Gasteiger partial charge in [-0.2, -0.15) is 5.26 Å². The molecule has 6 heteroatoms. The van der Waals surface area contributed by atoms with E-state index in [4.69, 9.17) is 10.00 Å². The fourth-order valence-corrected chi connectivity index (χ4v) is 3.54. The zero-order chi connectivity index (χ0) is 20.6. The maximum absolute atomic E-state index is 12.5. The van der Waals surface area contributed by atoms with E-state index < -0.39 is 0 Å². The van der Waals surface area contributed by atoms with E-state index in [1.54, 1.807) is 24.3 Å². The maximum atomic E-state index is 12.5. The molecule has 1 aliphatic carbocycles. The van der Waals surface area contributed by atoms with E-state index in [0.29, 0.717) is 43.5 Å². The van der Waals surface area contributed by atoms with Crippen LogP contribution >= 0.6 is 0 Å². The van der Waals surface area contributed by atoms with Gasteiger partial charge >= 0.3 is 0 Å². The fraction of sp³-hybridized carbons (Fsp3) is 0.348. The molecule has 0 spiro atoms. The largest absolute Gasteiger partial charge is 0.494 e. The molecule has 150 valence electrons. The van der Waals surface area contributed by atoms with Crippen molar-refractivity contribution in [3.63, 3.8) is 0 Å². The highest BCUT2D eigenvalue weighted by atomic mass is 16.5. The molecule has 2 N–H and O–H groups in total. The van der Waals surface area contributed by atoms with E-state index in [1.165, 1.54) is 0 Å². The minimum Gasteiger partial charge on any atom is -0.494 e. The maximum Gasteiger partial charge on any atom is 0.227 e. The number of anilines is 2. The van der Waals surface area contributed by atoms with Crippen molar-refractivity contribution in [1.29, 1.82) is 5.26 Å². The number of benzene rings is 2. The van der Waals surface area contributed by atoms with E-state index in [2.05, 4.69) is 16.7 Å². The second-order valence-electron chi connectivity index (χ2n) is 7.17. The molecule has 0 saturated heterocycles. The van der Waals surface area contributed by atoms with Crippen molar-refractivity contribution < 1.29 is 14.3 Å². The summed E-state index contributed by atoms with van der Waals surface area (Å²) in [5.41, 5.74) is 1.99. The Kier molecular flexibility index (Phi) is 6.85. The number of hydrogen-bond donors (Lipinski definition) is 2. The number of ether oxygens (including phenoxy) is 1. The second-order valence-corrected chi connectivity index (χ2v) is 7.17. The van der Waals surface area contributed by atoms with Gasteiger partial charge in [-0.15, -0.1) is 0 Å². The summed E-state index contributed by atoms with van der Waals surface area (Å²) >= 11 is 0. The first-order valence-electron chi connectivity index (χ1n) is 9.93. The van der Waals surface area contributed by atoms with Gasteiger partial charge in [0.25, 0.3) is 0 Å². The molecule has 1 fully saturated rings. The van der Waals surface area contributed by atoms with Gasteiger partial charge in [0.2, 0.25) is 11.8 Å². The molecular formula is C23H25N3O3. The molecule has 29 heavy (non-hydrogen) atoms. The molecule has 0 bridgehead atoms. The van der Waals surface area contributed by atoms with Crippen molar-refractivity contribution in [3.05, 3.63) is 54.1 Å². The van der Waals surface area contributed by atoms with Gasteiger partial charge in [-0.3, -0.25) is 9.59 Å². The summed E-state index contributed by atoms with van der Waals surface area (Å²) in [6, 6.07) is 16.2. The smallest absolute Gasteiger partial charge is 0.227 e. The molecule has 6 nitrogen and oxygen atoms in total. The molecule has 0 unspecified atom stereocenters. The lowest BCUT2D eigenvalue weighted by atomic mass is 9.81. The van der Waals surface area contributed by atoms with Crippen LogP contribution in [0.1, 0.15) is 38.2 Å². The number of hydrogen-bond acceptors (Lipinski definition) is 4. The molecule has 0 aliphatic heterocycles. The Labute approximate surface area is 170 Å². The Bertz CT molecular complexity index is 877. The Hall–Kier alpha value is -3.33. The number of nitrogens with zero attached hydrogens (tertiary/aromatic N) is 1. The number of rotatable bonds is 6. The number of nitriles is 1. The van der Waals surface area contributed by atoms with Crippen LogP contribution < -0.4 is 15.4 Å². The monoisotopic (exact) mass is 391 g/mol. The van der Waals surface area contributed by atoms with Crippen molar-refractivity contribution in [2.24, 2.45) is 11.8 Å². The topological polar surface area (TPSA) is 91.2 Å². The van der Waals surface area contributed by atoms with Crippen LogP contribution in [-0.4, -0.2) is 18.4 Å². The number of carbonyl (C=O) groups excluding carboxylic acids is 2. The molecule has 0 atom stereocenters. The first-order valence-corrected chi connectivity index (χ1v) is 9.93. The summed E-state index contributed by atoms with van der Waals surface area (Å²) in [5, 5.41) is 14.7. The van der Waals surface area contributed by atoms with Crippen LogP contribution in [0.2, 0.25) is 0 Å². The van der Waals surface area contributed by atoms with E-state index in [0.717, 1.165) is 11.4 Å². The summed E-state index contributed by atoms with van der Waals surface area (Å²) < 4.78 is 5.41. The standard InChI is InChI=1S/C23H25N3O3/c1-2-29-21-13-11-20(12-14-21)26-23(28)18-7-5-17(6-8-18)22(27)25-19-9-3-16(15-24)4-10-19/h3-4,9-14,17-18H,2,5-8H2,1H3,(H,25,27)(H,26,28).